The number of esters is 1. The lowest BCUT2D eigenvalue weighted by Gasteiger charge is -2.15. The van der Waals surface area contributed by atoms with Crippen molar-refractivity contribution >= 4 is 5.97 Å². The van der Waals surface area contributed by atoms with E-state index in [0.717, 1.165) is 0 Å². The van der Waals surface area contributed by atoms with Gasteiger partial charge in [0.05, 0.1) is 12.7 Å². The van der Waals surface area contributed by atoms with Crippen molar-refractivity contribution in [3.63, 3.8) is 0 Å². The van der Waals surface area contributed by atoms with E-state index in [1.807, 2.05) is 0 Å². The number of carbonyl (C=O) groups is 1. The van der Waals surface area contributed by atoms with Crippen LogP contribution in [0.4, 0.5) is 0 Å². The van der Waals surface area contributed by atoms with Crippen molar-refractivity contribution in [1.29, 1.82) is 0 Å². The summed E-state index contributed by atoms with van der Waals surface area (Å²) < 4.78 is 9.80. The van der Waals surface area contributed by atoms with Crippen LogP contribution >= 0.6 is 0 Å². The molecule has 1 heterocycles. The molecule has 0 saturated carbocycles. The van der Waals surface area contributed by atoms with Gasteiger partial charge in [-0.15, -0.1) is 0 Å². The fraction of sp³-hybridized carbons (Fsp3) is 0.889. The van der Waals surface area contributed by atoms with E-state index in [0.29, 0.717) is 0 Å². The maximum absolute atomic E-state index is 11.4. The van der Waals surface area contributed by atoms with Crippen molar-refractivity contribution in [2.75, 3.05) is 6.61 Å². The van der Waals surface area contributed by atoms with Gasteiger partial charge in [-0.2, -0.15) is 0 Å². The standard InChI is InChI=1S/C9H16O6/c1-4(2)14-9(13)8-7(12)6(11)5(3-10)15-8/h4-8,10-12H,3H2,1-2H3/t5-,6-,7+,8-/m1/s1. The van der Waals surface area contributed by atoms with Crippen molar-refractivity contribution < 1.29 is 29.6 Å². The van der Waals surface area contributed by atoms with Gasteiger partial charge in [0.25, 0.3) is 0 Å². The van der Waals surface area contributed by atoms with Crippen LogP contribution in [0.1, 0.15) is 13.8 Å². The highest BCUT2D eigenvalue weighted by molar-refractivity contribution is 5.76. The van der Waals surface area contributed by atoms with Gasteiger partial charge < -0.3 is 24.8 Å². The second-order valence-corrected chi connectivity index (χ2v) is 3.74. The smallest absolute Gasteiger partial charge is 0.338 e. The van der Waals surface area contributed by atoms with Gasteiger partial charge in [0.1, 0.15) is 18.3 Å². The zero-order valence-corrected chi connectivity index (χ0v) is 8.66. The first kappa shape index (κ1) is 12.4. The first-order valence-corrected chi connectivity index (χ1v) is 4.80. The average molecular weight is 220 g/mol. The van der Waals surface area contributed by atoms with E-state index < -0.39 is 37.0 Å². The Balaban J connectivity index is 2.60. The van der Waals surface area contributed by atoms with Gasteiger partial charge in [0, 0.05) is 0 Å². The number of aliphatic hydroxyl groups excluding tert-OH is 3. The Bertz CT molecular complexity index is 229. The summed E-state index contributed by atoms with van der Waals surface area (Å²) in [5.74, 6) is -0.729. The highest BCUT2D eigenvalue weighted by Gasteiger charge is 2.46. The Morgan fingerprint density at radius 1 is 1.40 bits per heavy atom. The first-order valence-electron chi connectivity index (χ1n) is 4.80. The predicted octanol–water partition coefficient (Wildman–Crippen LogP) is -1.58. The predicted molar refractivity (Wildman–Crippen MR) is 49.0 cm³/mol. The van der Waals surface area contributed by atoms with Crippen LogP contribution in [0.25, 0.3) is 0 Å². The van der Waals surface area contributed by atoms with E-state index in [9.17, 15) is 15.0 Å². The van der Waals surface area contributed by atoms with Crippen LogP contribution in [-0.2, 0) is 14.3 Å². The summed E-state index contributed by atoms with van der Waals surface area (Å²) in [5.41, 5.74) is 0. The lowest BCUT2D eigenvalue weighted by atomic mass is 10.1. The first-order chi connectivity index (χ1) is 6.97. The Morgan fingerprint density at radius 3 is 2.40 bits per heavy atom. The Hall–Kier alpha value is -0.690. The number of rotatable bonds is 3. The SMILES string of the molecule is CC(C)OC(=O)[C@@H]1O[C@H](CO)[C@@H](O)[C@@H]1O. The van der Waals surface area contributed by atoms with Gasteiger partial charge in [0.2, 0.25) is 0 Å². The summed E-state index contributed by atoms with van der Waals surface area (Å²) in [7, 11) is 0. The van der Waals surface area contributed by atoms with Gasteiger partial charge in [-0.25, -0.2) is 4.79 Å². The number of carbonyl (C=O) groups excluding carboxylic acids is 1. The van der Waals surface area contributed by atoms with Crippen molar-refractivity contribution in [1.82, 2.24) is 0 Å². The van der Waals surface area contributed by atoms with Crippen LogP contribution in [0.15, 0.2) is 0 Å². The third kappa shape index (κ3) is 2.66. The maximum atomic E-state index is 11.4. The molecule has 0 amide bonds. The van der Waals surface area contributed by atoms with Gasteiger partial charge in [0.15, 0.2) is 6.10 Å². The quantitative estimate of drug-likeness (QED) is 0.497. The number of aliphatic hydroxyl groups is 3. The van der Waals surface area contributed by atoms with Crippen LogP contribution in [-0.4, -0.2) is 58.4 Å². The van der Waals surface area contributed by atoms with Gasteiger partial charge >= 0.3 is 5.97 Å². The second kappa shape index (κ2) is 4.89. The molecule has 1 rings (SSSR count). The molecule has 0 aliphatic carbocycles. The van der Waals surface area contributed by atoms with Crippen molar-refractivity contribution in [2.24, 2.45) is 0 Å². The third-order valence-electron chi connectivity index (χ3n) is 2.13. The lowest BCUT2D eigenvalue weighted by molar-refractivity contribution is -0.164. The third-order valence-corrected chi connectivity index (χ3v) is 2.13. The summed E-state index contributed by atoms with van der Waals surface area (Å²) in [6, 6.07) is 0. The molecule has 1 aliphatic rings. The van der Waals surface area contributed by atoms with Gasteiger partial charge in [-0.3, -0.25) is 0 Å². The summed E-state index contributed by atoms with van der Waals surface area (Å²) >= 11 is 0. The minimum Gasteiger partial charge on any atom is -0.461 e. The largest absolute Gasteiger partial charge is 0.461 e. The highest BCUT2D eigenvalue weighted by Crippen LogP contribution is 2.22. The van der Waals surface area contributed by atoms with E-state index in [2.05, 4.69) is 0 Å². The van der Waals surface area contributed by atoms with Gasteiger partial charge in [-0.05, 0) is 13.8 Å². The fourth-order valence-corrected chi connectivity index (χ4v) is 1.39. The fourth-order valence-electron chi connectivity index (χ4n) is 1.39. The molecule has 0 spiro atoms. The van der Waals surface area contributed by atoms with Crippen LogP contribution in [0, 0.1) is 0 Å². The van der Waals surface area contributed by atoms with Gasteiger partial charge in [-0.1, -0.05) is 0 Å². The van der Waals surface area contributed by atoms with E-state index in [-0.39, 0.29) is 6.10 Å². The molecule has 0 aromatic heterocycles. The molecule has 88 valence electrons. The normalized spacial score (nSPS) is 35.9. The molecule has 3 N–H and O–H groups in total. The molecule has 6 heteroatoms. The number of hydrogen-bond acceptors (Lipinski definition) is 6. The molecule has 0 radical (unpaired) electrons. The van der Waals surface area contributed by atoms with Crippen LogP contribution in [0.3, 0.4) is 0 Å². The van der Waals surface area contributed by atoms with Crippen molar-refractivity contribution in [3.05, 3.63) is 0 Å². The molecular weight excluding hydrogens is 204 g/mol. The second-order valence-electron chi connectivity index (χ2n) is 3.74. The molecule has 0 unspecified atom stereocenters. The Kier molecular flexibility index (Phi) is 4.04. The van der Waals surface area contributed by atoms with E-state index in [1.165, 1.54) is 0 Å². The molecule has 0 aromatic carbocycles. The molecule has 1 aliphatic heterocycles. The minimum absolute atomic E-state index is 0.321. The topological polar surface area (TPSA) is 96.2 Å². The summed E-state index contributed by atoms with van der Waals surface area (Å²) in [5, 5.41) is 27.6. The maximum Gasteiger partial charge on any atom is 0.338 e. The molecular formula is C9H16O6. The van der Waals surface area contributed by atoms with Crippen molar-refractivity contribution in [3.8, 4) is 0 Å². The highest BCUT2D eigenvalue weighted by atomic mass is 16.6. The molecule has 1 fully saturated rings. The van der Waals surface area contributed by atoms with Crippen LogP contribution in [0.5, 0.6) is 0 Å². The summed E-state index contributed by atoms with van der Waals surface area (Å²) in [4.78, 5) is 11.4. The van der Waals surface area contributed by atoms with E-state index in [1.54, 1.807) is 13.8 Å². The molecule has 0 bridgehead atoms. The average Bonchev–Trinajstić information content (AvgIpc) is 2.43. The molecule has 6 nitrogen and oxygen atoms in total. The Labute approximate surface area is 87.4 Å². The molecule has 15 heavy (non-hydrogen) atoms. The van der Waals surface area contributed by atoms with Crippen molar-refractivity contribution in [2.45, 2.75) is 44.4 Å². The lowest BCUT2D eigenvalue weighted by Crippen LogP contribution is -2.38. The molecule has 0 aromatic rings. The zero-order chi connectivity index (χ0) is 11.6. The Morgan fingerprint density at radius 2 is 2.00 bits per heavy atom. The minimum atomic E-state index is -1.35. The van der Waals surface area contributed by atoms with Crippen LogP contribution in [0.2, 0.25) is 0 Å². The zero-order valence-electron chi connectivity index (χ0n) is 8.66. The summed E-state index contributed by atoms with van der Waals surface area (Å²) in [6.07, 6.45) is -5.10. The summed E-state index contributed by atoms with van der Waals surface area (Å²) in [6.45, 7) is 2.88. The van der Waals surface area contributed by atoms with Crippen LogP contribution < -0.4 is 0 Å². The van der Waals surface area contributed by atoms with E-state index >= 15 is 0 Å². The molecule has 1 saturated heterocycles. The number of hydrogen-bond donors (Lipinski definition) is 3. The monoisotopic (exact) mass is 220 g/mol. The number of ether oxygens (including phenoxy) is 2. The molecule has 4 atom stereocenters. The van der Waals surface area contributed by atoms with E-state index in [4.69, 9.17) is 14.6 Å².